The lowest BCUT2D eigenvalue weighted by Crippen LogP contribution is -2.18. The summed E-state index contributed by atoms with van der Waals surface area (Å²) in [5.74, 6) is 0. The topological polar surface area (TPSA) is 45.4 Å². The van der Waals surface area contributed by atoms with Crippen LogP contribution < -0.4 is 5.32 Å². The fraction of sp³-hybridized carbons (Fsp3) is 0.429. The summed E-state index contributed by atoms with van der Waals surface area (Å²) in [6.45, 7) is 2.21. The summed E-state index contributed by atoms with van der Waals surface area (Å²) in [7, 11) is 0. The van der Waals surface area contributed by atoms with E-state index in [1.165, 1.54) is 10.9 Å². The summed E-state index contributed by atoms with van der Waals surface area (Å²) >= 11 is 0. The summed E-state index contributed by atoms with van der Waals surface area (Å²) in [6.07, 6.45) is 4.74. The number of hydrogen-bond acceptors (Lipinski definition) is 3. The van der Waals surface area contributed by atoms with E-state index in [9.17, 15) is 0 Å². The van der Waals surface area contributed by atoms with Crippen LogP contribution in [0.3, 0.4) is 0 Å². The maximum Gasteiger partial charge on any atom is 0.134 e. The van der Waals surface area contributed by atoms with Gasteiger partial charge in [0.2, 0.25) is 0 Å². The molecule has 92 valence electrons. The Hall–Kier alpha value is -1.32. The molecule has 0 unspecified atom stereocenters. The number of unbranched alkanes of at least 4 members (excludes halogenated alkanes) is 1. The second-order valence-corrected chi connectivity index (χ2v) is 4.19. The predicted molar refractivity (Wildman–Crippen MR) is 69.1 cm³/mol. The fourth-order valence-electron chi connectivity index (χ4n) is 1.94. The highest BCUT2D eigenvalue weighted by molar-refractivity contribution is 5.80. The normalized spacial score (nSPS) is 11.1. The number of fused-ring (bicyclic) bond motifs is 1. The molecule has 0 saturated carbocycles. The molecule has 17 heavy (non-hydrogen) atoms. The Morgan fingerprint density at radius 3 is 2.88 bits per heavy atom. The van der Waals surface area contributed by atoms with Gasteiger partial charge in [0.25, 0.3) is 0 Å². The summed E-state index contributed by atoms with van der Waals surface area (Å²) in [5, 5.41) is 13.2. The molecule has 0 aliphatic rings. The summed E-state index contributed by atoms with van der Waals surface area (Å²) < 4.78 is 5.48. The minimum absolute atomic E-state index is 0.286. The highest BCUT2D eigenvalue weighted by Gasteiger charge is 2.03. The smallest absolute Gasteiger partial charge is 0.134 e. The van der Waals surface area contributed by atoms with E-state index >= 15 is 0 Å². The first-order chi connectivity index (χ1) is 8.42. The summed E-state index contributed by atoms with van der Waals surface area (Å²) in [4.78, 5) is 0. The minimum atomic E-state index is 0.286. The first-order valence-electron chi connectivity index (χ1n) is 6.18. The largest absolute Gasteiger partial charge is 0.464 e. The van der Waals surface area contributed by atoms with Crippen LogP contribution in [0.4, 0.5) is 0 Å². The van der Waals surface area contributed by atoms with E-state index in [0.717, 1.165) is 37.9 Å². The number of benzene rings is 1. The Morgan fingerprint density at radius 1 is 1.12 bits per heavy atom. The molecule has 0 bridgehead atoms. The molecule has 0 aliphatic carbocycles. The molecule has 0 aliphatic heterocycles. The molecular formula is C14H19NO2. The molecule has 0 radical (unpaired) electrons. The van der Waals surface area contributed by atoms with Crippen molar-refractivity contribution in [3.8, 4) is 0 Å². The first kappa shape index (κ1) is 12.1. The molecule has 0 fully saturated rings. The van der Waals surface area contributed by atoms with Crippen molar-refractivity contribution < 1.29 is 9.52 Å². The molecule has 0 spiro atoms. The molecule has 2 rings (SSSR count). The zero-order chi connectivity index (χ0) is 11.9. The van der Waals surface area contributed by atoms with Gasteiger partial charge in [0.1, 0.15) is 5.58 Å². The number of para-hydroxylation sites is 1. The average Bonchev–Trinajstić information content (AvgIpc) is 2.77. The standard InChI is InChI=1S/C14H19NO2/c16-10-4-3-8-15-9-7-12-11-17-14-6-2-1-5-13(12)14/h1-2,5-6,11,15-16H,3-4,7-10H2. The second kappa shape index (κ2) is 6.42. The zero-order valence-electron chi connectivity index (χ0n) is 9.98. The van der Waals surface area contributed by atoms with Gasteiger partial charge in [0.15, 0.2) is 0 Å². The summed E-state index contributed by atoms with van der Waals surface area (Å²) in [5.41, 5.74) is 2.22. The van der Waals surface area contributed by atoms with Crippen LogP contribution in [0.25, 0.3) is 11.0 Å². The van der Waals surface area contributed by atoms with Gasteiger partial charge in [-0.1, -0.05) is 18.2 Å². The van der Waals surface area contributed by atoms with Gasteiger partial charge < -0.3 is 14.8 Å². The fourth-order valence-corrected chi connectivity index (χ4v) is 1.94. The number of nitrogens with one attached hydrogen (secondary N) is 1. The minimum Gasteiger partial charge on any atom is -0.464 e. The molecule has 1 heterocycles. The van der Waals surface area contributed by atoms with Gasteiger partial charge in [-0.2, -0.15) is 0 Å². The SMILES string of the molecule is OCCCCNCCc1coc2ccccc12. The number of aliphatic hydroxyl groups excluding tert-OH is 1. The molecule has 3 heteroatoms. The van der Waals surface area contributed by atoms with Gasteiger partial charge in [-0.05, 0) is 44.0 Å². The van der Waals surface area contributed by atoms with Gasteiger partial charge in [0, 0.05) is 12.0 Å². The van der Waals surface area contributed by atoms with Crippen molar-refractivity contribution >= 4 is 11.0 Å². The second-order valence-electron chi connectivity index (χ2n) is 4.19. The molecular weight excluding hydrogens is 214 g/mol. The van der Waals surface area contributed by atoms with Crippen LogP contribution in [0.5, 0.6) is 0 Å². The Morgan fingerprint density at radius 2 is 2.00 bits per heavy atom. The van der Waals surface area contributed by atoms with Gasteiger partial charge >= 0.3 is 0 Å². The van der Waals surface area contributed by atoms with E-state index in [-0.39, 0.29) is 6.61 Å². The van der Waals surface area contributed by atoms with Crippen LogP contribution in [0.2, 0.25) is 0 Å². The quantitative estimate of drug-likeness (QED) is 0.721. The molecule has 1 aromatic heterocycles. The van der Waals surface area contributed by atoms with Gasteiger partial charge in [-0.3, -0.25) is 0 Å². The van der Waals surface area contributed by atoms with Gasteiger partial charge in [-0.15, -0.1) is 0 Å². The third kappa shape index (κ3) is 3.32. The van der Waals surface area contributed by atoms with Crippen molar-refractivity contribution in [3.63, 3.8) is 0 Å². The molecule has 0 saturated heterocycles. The lowest BCUT2D eigenvalue weighted by Gasteiger charge is -2.02. The maximum atomic E-state index is 8.65. The van der Waals surface area contributed by atoms with Crippen LogP contribution in [-0.2, 0) is 6.42 Å². The number of furan rings is 1. The monoisotopic (exact) mass is 233 g/mol. The average molecular weight is 233 g/mol. The molecule has 3 nitrogen and oxygen atoms in total. The molecule has 2 N–H and O–H groups in total. The predicted octanol–water partition coefficient (Wildman–Crippen LogP) is 2.34. The molecule has 2 aromatic rings. The van der Waals surface area contributed by atoms with E-state index in [4.69, 9.17) is 9.52 Å². The number of aliphatic hydroxyl groups is 1. The van der Waals surface area contributed by atoms with Gasteiger partial charge in [-0.25, -0.2) is 0 Å². The molecule has 1 aromatic carbocycles. The van der Waals surface area contributed by atoms with E-state index in [0.29, 0.717) is 0 Å². The van der Waals surface area contributed by atoms with E-state index in [1.54, 1.807) is 0 Å². The Kier molecular flexibility index (Phi) is 4.59. The maximum absolute atomic E-state index is 8.65. The third-order valence-corrected chi connectivity index (χ3v) is 2.89. The molecule has 0 amide bonds. The van der Waals surface area contributed by atoms with Crippen molar-refractivity contribution in [3.05, 3.63) is 36.1 Å². The first-order valence-corrected chi connectivity index (χ1v) is 6.18. The molecule has 0 atom stereocenters. The number of rotatable bonds is 7. The Balaban J connectivity index is 1.79. The number of hydrogen-bond donors (Lipinski definition) is 2. The van der Waals surface area contributed by atoms with Crippen LogP contribution in [0.15, 0.2) is 34.9 Å². The van der Waals surface area contributed by atoms with Crippen molar-refractivity contribution in [2.24, 2.45) is 0 Å². The van der Waals surface area contributed by atoms with Gasteiger partial charge in [0.05, 0.1) is 6.26 Å². The van der Waals surface area contributed by atoms with Crippen LogP contribution >= 0.6 is 0 Å². The highest BCUT2D eigenvalue weighted by atomic mass is 16.3. The van der Waals surface area contributed by atoms with E-state index in [1.807, 2.05) is 24.5 Å². The third-order valence-electron chi connectivity index (χ3n) is 2.89. The Bertz CT molecular complexity index is 450. The van der Waals surface area contributed by atoms with Crippen LogP contribution in [0.1, 0.15) is 18.4 Å². The van der Waals surface area contributed by atoms with Crippen LogP contribution in [-0.4, -0.2) is 24.8 Å². The summed E-state index contributed by atoms with van der Waals surface area (Å²) in [6, 6.07) is 8.12. The van der Waals surface area contributed by atoms with E-state index in [2.05, 4.69) is 11.4 Å². The highest BCUT2D eigenvalue weighted by Crippen LogP contribution is 2.20. The van der Waals surface area contributed by atoms with Crippen LogP contribution in [0, 0.1) is 0 Å². The van der Waals surface area contributed by atoms with Crippen molar-refractivity contribution in [1.29, 1.82) is 0 Å². The Labute approximate surface area is 101 Å². The zero-order valence-corrected chi connectivity index (χ0v) is 9.98. The lowest BCUT2D eigenvalue weighted by atomic mass is 10.1. The van der Waals surface area contributed by atoms with E-state index < -0.39 is 0 Å². The van der Waals surface area contributed by atoms with Crippen molar-refractivity contribution in [2.45, 2.75) is 19.3 Å². The van der Waals surface area contributed by atoms with Crippen molar-refractivity contribution in [1.82, 2.24) is 5.32 Å². The lowest BCUT2D eigenvalue weighted by molar-refractivity contribution is 0.284. The van der Waals surface area contributed by atoms with Crippen molar-refractivity contribution in [2.75, 3.05) is 19.7 Å².